The summed E-state index contributed by atoms with van der Waals surface area (Å²) in [4.78, 5) is 23.8. The van der Waals surface area contributed by atoms with Crippen LogP contribution in [-0.2, 0) is 19.1 Å². The fourth-order valence-electron chi connectivity index (χ4n) is 2.73. The first-order chi connectivity index (χ1) is 7.54. The Morgan fingerprint density at radius 2 is 2.38 bits per heavy atom. The highest BCUT2D eigenvalue weighted by atomic mass is 16.6. The maximum absolute atomic E-state index is 12.0. The Labute approximate surface area is 94.6 Å². The third kappa shape index (κ3) is 1.22. The second-order valence-corrected chi connectivity index (χ2v) is 4.52. The minimum Gasteiger partial charge on any atom is -0.465 e. The second-order valence-electron chi connectivity index (χ2n) is 4.52. The molecule has 1 aliphatic heterocycles. The van der Waals surface area contributed by atoms with Crippen LogP contribution in [0.2, 0.25) is 0 Å². The molecule has 2 rings (SSSR count). The zero-order chi connectivity index (χ0) is 11.9. The third-order valence-corrected chi connectivity index (χ3v) is 3.78. The topological polar surface area (TPSA) is 52.6 Å². The van der Waals surface area contributed by atoms with Gasteiger partial charge in [-0.05, 0) is 19.3 Å². The van der Waals surface area contributed by atoms with E-state index in [2.05, 4.69) is 6.58 Å². The van der Waals surface area contributed by atoms with Crippen molar-refractivity contribution in [1.82, 2.24) is 0 Å². The minimum atomic E-state index is -1.10. The number of cyclic esters (lactones) is 1. The first kappa shape index (κ1) is 11.2. The number of hydrogen-bond donors (Lipinski definition) is 0. The number of allylic oxidation sites excluding steroid dienone is 1. The van der Waals surface area contributed by atoms with Crippen molar-refractivity contribution >= 4 is 11.9 Å². The monoisotopic (exact) mass is 224 g/mol. The van der Waals surface area contributed by atoms with Crippen LogP contribution in [-0.4, -0.2) is 25.2 Å². The van der Waals surface area contributed by atoms with Crippen molar-refractivity contribution in [3.8, 4) is 0 Å². The number of fused-ring (bicyclic) bond motifs is 1. The van der Waals surface area contributed by atoms with Gasteiger partial charge in [0, 0.05) is 5.92 Å². The van der Waals surface area contributed by atoms with Crippen LogP contribution in [0.15, 0.2) is 12.2 Å². The van der Waals surface area contributed by atoms with Crippen molar-refractivity contribution in [3.05, 3.63) is 12.2 Å². The van der Waals surface area contributed by atoms with Crippen molar-refractivity contribution < 1.29 is 19.1 Å². The molecule has 1 unspecified atom stereocenters. The fraction of sp³-hybridized carbons (Fsp3) is 0.667. The number of ether oxygens (including phenoxy) is 2. The SMILES string of the molecule is C=C1C[C@@]2(C(=O)OCC)C(=O)OC[C@H]2C1C. The lowest BCUT2D eigenvalue weighted by Gasteiger charge is -2.22. The molecule has 3 atom stereocenters. The summed E-state index contributed by atoms with van der Waals surface area (Å²) in [7, 11) is 0. The van der Waals surface area contributed by atoms with Gasteiger partial charge in [0.15, 0.2) is 5.41 Å². The van der Waals surface area contributed by atoms with Gasteiger partial charge in [-0.1, -0.05) is 19.1 Å². The van der Waals surface area contributed by atoms with Crippen LogP contribution in [0.25, 0.3) is 0 Å². The Bertz CT molecular complexity index is 360. The van der Waals surface area contributed by atoms with Gasteiger partial charge in [-0.3, -0.25) is 9.59 Å². The van der Waals surface area contributed by atoms with Crippen molar-refractivity contribution in [1.29, 1.82) is 0 Å². The predicted octanol–water partition coefficient (Wildman–Crippen LogP) is 1.30. The van der Waals surface area contributed by atoms with E-state index in [9.17, 15) is 9.59 Å². The molecule has 2 fully saturated rings. The Balaban J connectivity index is 2.38. The van der Waals surface area contributed by atoms with E-state index in [4.69, 9.17) is 9.47 Å². The van der Waals surface area contributed by atoms with E-state index in [-0.39, 0.29) is 18.4 Å². The molecule has 88 valence electrons. The summed E-state index contributed by atoms with van der Waals surface area (Å²) in [5, 5.41) is 0. The summed E-state index contributed by atoms with van der Waals surface area (Å²) in [6.07, 6.45) is 0.372. The summed E-state index contributed by atoms with van der Waals surface area (Å²) >= 11 is 0. The van der Waals surface area contributed by atoms with Gasteiger partial charge in [0.25, 0.3) is 0 Å². The van der Waals surface area contributed by atoms with E-state index >= 15 is 0 Å². The van der Waals surface area contributed by atoms with Crippen molar-refractivity contribution in [2.45, 2.75) is 20.3 Å². The molecule has 0 aromatic carbocycles. The molecule has 4 heteroatoms. The summed E-state index contributed by atoms with van der Waals surface area (Å²) in [6, 6.07) is 0. The first-order valence-corrected chi connectivity index (χ1v) is 5.56. The van der Waals surface area contributed by atoms with Crippen LogP contribution in [0, 0.1) is 17.3 Å². The highest BCUT2D eigenvalue weighted by Crippen LogP contribution is 2.54. The molecule has 4 nitrogen and oxygen atoms in total. The lowest BCUT2D eigenvalue weighted by Crippen LogP contribution is -2.40. The largest absolute Gasteiger partial charge is 0.465 e. The molecular formula is C12H16O4. The molecule has 1 heterocycles. The molecule has 1 saturated heterocycles. The van der Waals surface area contributed by atoms with Crippen LogP contribution < -0.4 is 0 Å². The number of hydrogen-bond acceptors (Lipinski definition) is 4. The molecule has 0 N–H and O–H groups in total. The highest BCUT2D eigenvalue weighted by molar-refractivity contribution is 6.02. The van der Waals surface area contributed by atoms with E-state index in [0.29, 0.717) is 13.0 Å². The first-order valence-electron chi connectivity index (χ1n) is 5.56. The third-order valence-electron chi connectivity index (χ3n) is 3.78. The smallest absolute Gasteiger partial charge is 0.324 e. The average Bonchev–Trinajstić information content (AvgIpc) is 2.68. The van der Waals surface area contributed by atoms with Crippen LogP contribution in [0.1, 0.15) is 20.3 Å². The van der Waals surface area contributed by atoms with E-state index in [1.807, 2.05) is 6.92 Å². The minimum absolute atomic E-state index is 0.105. The van der Waals surface area contributed by atoms with Crippen LogP contribution >= 0.6 is 0 Å². The van der Waals surface area contributed by atoms with Gasteiger partial charge in [-0.2, -0.15) is 0 Å². The van der Waals surface area contributed by atoms with Gasteiger partial charge >= 0.3 is 11.9 Å². The summed E-state index contributed by atoms with van der Waals surface area (Å²) in [5.74, 6) is -0.864. The maximum atomic E-state index is 12.0. The molecule has 0 amide bonds. The fourth-order valence-corrected chi connectivity index (χ4v) is 2.73. The molecule has 16 heavy (non-hydrogen) atoms. The van der Waals surface area contributed by atoms with E-state index in [0.717, 1.165) is 5.57 Å². The molecule has 2 aliphatic rings. The molecule has 0 radical (unpaired) electrons. The van der Waals surface area contributed by atoms with Gasteiger partial charge in [-0.15, -0.1) is 0 Å². The van der Waals surface area contributed by atoms with E-state index in [1.54, 1.807) is 6.92 Å². The van der Waals surface area contributed by atoms with Crippen LogP contribution in [0.3, 0.4) is 0 Å². The maximum Gasteiger partial charge on any atom is 0.324 e. The average molecular weight is 224 g/mol. The summed E-state index contributed by atoms with van der Waals surface area (Å²) in [5.41, 5.74) is -0.165. The predicted molar refractivity (Wildman–Crippen MR) is 56.4 cm³/mol. The molecule has 0 bridgehead atoms. The molecule has 1 saturated carbocycles. The number of carbonyl (C=O) groups is 2. The van der Waals surface area contributed by atoms with Crippen molar-refractivity contribution in [3.63, 3.8) is 0 Å². The zero-order valence-corrected chi connectivity index (χ0v) is 9.62. The van der Waals surface area contributed by atoms with Crippen molar-refractivity contribution in [2.24, 2.45) is 17.3 Å². The number of rotatable bonds is 2. The second kappa shape index (κ2) is 3.61. The van der Waals surface area contributed by atoms with Crippen LogP contribution in [0.4, 0.5) is 0 Å². The lowest BCUT2D eigenvalue weighted by molar-refractivity contribution is -0.165. The molecule has 0 spiro atoms. The van der Waals surface area contributed by atoms with Crippen LogP contribution in [0.5, 0.6) is 0 Å². The van der Waals surface area contributed by atoms with Gasteiger partial charge < -0.3 is 9.47 Å². The highest BCUT2D eigenvalue weighted by Gasteiger charge is 2.65. The molecule has 1 aliphatic carbocycles. The van der Waals surface area contributed by atoms with Crippen molar-refractivity contribution in [2.75, 3.05) is 13.2 Å². The molecular weight excluding hydrogens is 208 g/mol. The van der Waals surface area contributed by atoms with Gasteiger partial charge in [-0.25, -0.2) is 0 Å². The lowest BCUT2D eigenvalue weighted by atomic mass is 9.78. The summed E-state index contributed by atoms with van der Waals surface area (Å²) in [6.45, 7) is 8.22. The van der Waals surface area contributed by atoms with E-state index < -0.39 is 17.4 Å². The van der Waals surface area contributed by atoms with Gasteiger partial charge in [0.1, 0.15) is 0 Å². The van der Waals surface area contributed by atoms with Gasteiger partial charge in [0.05, 0.1) is 13.2 Å². The zero-order valence-electron chi connectivity index (χ0n) is 9.62. The quantitative estimate of drug-likeness (QED) is 0.403. The Morgan fingerprint density at radius 3 is 3.00 bits per heavy atom. The summed E-state index contributed by atoms with van der Waals surface area (Å²) < 4.78 is 10.0. The molecule has 0 aromatic heterocycles. The van der Waals surface area contributed by atoms with E-state index in [1.165, 1.54) is 0 Å². The molecule has 0 aromatic rings. The number of esters is 2. The Morgan fingerprint density at radius 1 is 1.69 bits per heavy atom. The number of carbonyl (C=O) groups excluding carboxylic acids is 2. The Kier molecular flexibility index (Phi) is 2.52. The Hall–Kier alpha value is -1.32. The normalized spacial score (nSPS) is 37.1. The standard InChI is InChI=1S/C12H16O4/c1-4-15-10(13)12-5-7(2)8(3)9(12)6-16-11(12)14/h8-9H,2,4-6H2,1,3H3/t8?,9-,12+/m0/s1. The van der Waals surface area contributed by atoms with Gasteiger partial charge in [0.2, 0.25) is 0 Å².